The normalized spacial score (nSPS) is 10.5. The van der Waals surface area contributed by atoms with Gasteiger partial charge in [-0.25, -0.2) is 5.43 Å². The third kappa shape index (κ3) is 3.68. The van der Waals surface area contributed by atoms with Crippen LogP contribution in [0.15, 0.2) is 47.6 Å². The van der Waals surface area contributed by atoms with Crippen LogP contribution in [-0.4, -0.2) is 27.1 Å². The summed E-state index contributed by atoms with van der Waals surface area (Å²) in [5.74, 6) is -1.10. The highest BCUT2D eigenvalue weighted by molar-refractivity contribution is 5.98. The number of nitrogens with zero attached hydrogens (tertiary/aromatic N) is 3. The van der Waals surface area contributed by atoms with Gasteiger partial charge in [0.05, 0.1) is 16.1 Å². The average Bonchev–Trinajstić information content (AvgIpc) is 2.56. The van der Waals surface area contributed by atoms with E-state index in [0.717, 1.165) is 24.4 Å². The number of hydrogen-bond donors (Lipinski definition) is 2. The number of hydrogen-bond acceptors (Lipinski definition) is 7. The van der Waals surface area contributed by atoms with E-state index < -0.39 is 15.8 Å². The topological polar surface area (TPSA) is 148 Å². The molecule has 2 aromatic rings. The van der Waals surface area contributed by atoms with Crippen molar-refractivity contribution in [2.75, 3.05) is 0 Å². The first-order valence-electron chi connectivity index (χ1n) is 6.44. The Bertz CT molecular complexity index is 849. The lowest BCUT2D eigenvalue weighted by Crippen LogP contribution is -2.18. The molecule has 0 aliphatic heterocycles. The van der Waals surface area contributed by atoms with Crippen LogP contribution in [-0.2, 0) is 0 Å². The summed E-state index contributed by atoms with van der Waals surface area (Å²) < 4.78 is 0. The maximum Gasteiger partial charge on any atom is 0.282 e. The van der Waals surface area contributed by atoms with Crippen molar-refractivity contribution in [1.29, 1.82) is 0 Å². The van der Waals surface area contributed by atoms with Crippen LogP contribution in [0.5, 0.6) is 5.75 Å². The van der Waals surface area contributed by atoms with Crippen LogP contribution in [0.3, 0.4) is 0 Å². The molecule has 0 saturated heterocycles. The summed E-state index contributed by atoms with van der Waals surface area (Å²) in [4.78, 5) is 32.1. The molecule has 2 N–H and O–H groups in total. The Morgan fingerprint density at radius 2 is 1.83 bits per heavy atom. The minimum absolute atomic E-state index is 0.00654. The molecule has 0 atom stereocenters. The second kappa shape index (κ2) is 6.96. The van der Waals surface area contributed by atoms with Crippen LogP contribution in [0, 0.1) is 20.2 Å². The van der Waals surface area contributed by atoms with Crippen molar-refractivity contribution in [2.45, 2.75) is 0 Å². The molecule has 0 unspecified atom stereocenters. The Hall–Kier alpha value is -3.82. The van der Waals surface area contributed by atoms with E-state index in [0.29, 0.717) is 0 Å². The number of phenolic OH excluding ortho intramolecular Hbond substituents is 1. The van der Waals surface area contributed by atoms with Crippen LogP contribution in [0.25, 0.3) is 0 Å². The van der Waals surface area contributed by atoms with E-state index in [1.54, 1.807) is 0 Å². The fourth-order valence-electron chi connectivity index (χ4n) is 1.80. The maximum atomic E-state index is 11.9. The molecule has 0 aromatic heterocycles. The molecule has 2 aromatic carbocycles. The molecule has 24 heavy (non-hydrogen) atoms. The second-order valence-electron chi connectivity index (χ2n) is 4.47. The van der Waals surface area contributed by atoms with E-state index in [-0.39, 0.29) is 28.3 Å². The molecule has 0 fully saturated rings. The van der Waals surface area contributed by atoms with Gasteiger partial charge in [-0.2, -0.15) is 5.10 Å². The number of nitro groups is 2. The first-order valence-corrected chi connectivity index (χ1v) is 6.44. The molecule has 0 aliphatic carbocycles. The summed E-state index contributed by atoms with van der Waals surface area (Å²) >= 11 is 0. The van der Waals surface area contributed by atoms with E-state index in [4.69, 9.17) is 0 Å². The number of hydrazone groups is 1. The molecule has 0 radical (unpaired) electrons. The molecular formula is C14H10N4O6. The lowest BCUT2D eigenvalue weighted by Gasteiger charge is -2.01. The van der Waals surface area contributed by atoms with Crippen molar-refractivity contribution in [3.8, 4) is 5.75 Å². The lowest BCUT2D eigenvalue weighted by molar-refractivity contribution is -0.385. The van der Waals surface area contributed by atoms with Crippen molar-refractivity contribution >= 4 is 23.5 Å². The number of carbonyl (C=O) groups excluding carboxylic acids is 1. The Labute approximate surface area is 134 Å². The van der Waals surface area contributed by atoms with Crippen LogP contribution in [0.1, 0.15) is 15.9 Å². The van der Waals surface area contributed by atoms with Crippen molar-refractivity contribution < 1.29 is 19.7 Å². The Balaban J connectivity index is 2.18. The third-order valence-corrected chi connectivity index (χ3v) is 2.94. The standard InChI is InChI=1S/C14H10N4O6/c19-13-6-5-10(17(21)22)7-9(13)8-15-16-14(20)11-3-1-2-4-12(11)18(23)24/h1-8,19H,(H,16,20)/b15-8-. The van der Waals surface area contributed by atoms with Crippen LogP contribution >= 0.6 is 0 Å². The average molecular weight is 330 g/mol. The predicted octanol–water partition coefficient (Wildman–Crippen LogP) is 1.97. The van der Waals surface area contributed by atoms with E-state index in [1.165, 1.54) is 24.3 Å². The molecular weight excluding hydrogens is 320 g/mol. The SMILES string of the molecule is O=C(N/N=C\c1cc([N+](=O)[O-])ccc1O)c1ccccc1[N+](=O)[O-]. The summed E-state index contributed by atoms with van der Waals surface area (Å²) in [5.41, 5.74) is 1.23. The number of phenols is 1. The number of nitrogens with one attached hydrogen (secondary N) is 1. The zero-order valence-electron chi connectivity index (χ0n) is 11.9. The zero-order valence-corrected chi connectivity index (χ0v) is 11.9. The van der Waals surface area contributed by atoms with Crippen molar-refractivity contribution in [3.05, 3.63) is 73.8 Å². The van der Waals surface area contributed by atoms with Gasteiger partial charge in [-0.3, -0.25) is 25.0 Å². The van der Waals surface area contributed by atoms with Crippen LogP contribution in [0.4, 0.5) is 11.4 Å². The fourth-order valence-corrected chi connectivity index (χ4v) is 1.80. The van der Waals surface area contributed by atoms with E-state index in [2.05, 4.69) is 10.5 Å². The Morgan fingerprint density at radius 1 is 1.12 bits per heavy atom. The lowest BCUT2D eigenvalue weighted by atomic mass is 10.2. The van der Waals surface area contributed by atoms with Gasteiger partial charge >= 0.3 is 0 Å². The van der Waals surface area contributed by atoms with Crippen molar-refractivity contribution in [1.82, 2.24) is 5.43 Å². The molecule has 0 spiro atoms. The highest BCUT2D eigenvalue weighted by atomic mass is 16.6. The molecule has 2 rings (SSSR count). The minimum atomic E-state index is -0.830. The van der Waals surface area contributed by atoms with Gasteiger partial charge in [-0.15, -0.1) is 0 Å². The minimum Gasteiger partial charge on any atom is -0.507 e. The Morgan fingerprint density at radius 3 is 2.50 bits per heavy atom. The number of aromatic hydroxyl groups is 1. The smallest absolute Gasteiger partial charge is 0.282 e. The fraction of sp³-hybridized carbons (Fsp3) is 0. The van der Waals surface area contributed by atoms with Crippen LogP contribution in [0.2, 0.25) is 0 Å². The van der Waals surface area contributed by atoms with Gasteiger partial charge in [0, 0.05) is 23.8 Å². The molecule has 0 bridgehead atoms. The summed E-state index contributed by atoms with van der Waals surface area (Å²) in [5, 5.41) is 34.7. The maximum absolute atomic E-state index is 11.9. The Kier molecular flexibility index (Phi) is 4.80. The summed E-state index contributed by atoms with van der Waals surface area (Å²) in [6.45, 7) is 0. The van der Waals surface area contributed by atoms with Gasteiger partial charge in [0.25, 0.3) is 17.3 Å². The first-order chi connectivity index (χ1) is 11.4. The first kappa shape index (κ1) is 16.5. The van der Waals surface area contributed by atoms with Gasteiger partial charge < -0.3 is 5.11 Å². The number of carbonyl (C=O) groups is 1. The molecule has 122 valence electrons. The molecule has 1 amide bonds. The largest absolute Gasteiger partial charge is 0.507 e. The number of rotatable bonds is 5. The van der Waals surface area contributed by atoms with Gasteiger partial charge in [0.2, 0.25) is 0 Å². The summed E-state index contributed by atoms with van der Waals surface area (Å²) in [6, 6.07) is 8.59. The van der Waals surface area contributed by atoms with Gasteiger partial charge in [-0.05, 0) is 12.1 Å². The van der Waals surface area contributed by atoms with Gasteiger partial charge in [-0.1, -0.05) is 12.1 Å². The summed E-state index contributed by atoms with van der Waals surface area (Å²) in [6.07, 6.45) is 0.995. The zero-order chi connectivity index (χ0) is 17.7. The molecule has 0 saturated carbocycles. The second-order valence-corrected chi connectivity index (χ2v) is 4.47. The van der Waals surface area contributed by atoms with Crippen LogP contribution < -0.4 is 5.43 Å². The van der Waals surface area contributed by atoms with E-state index in [9.17, 15) is 30.1 Å². The van der Waals surface area contributed by atoms with Gasteiger partial charge in [0.1, 0.15) is 11.3 Å². The number of nitro benzene ring substituents is 2. The third-order valence-electron chi connectivity index (χ3n) is 2.94. The quantitative estimate of drug-likeness (QED) is 0.486. The van der Waals surface area contributed by atoms with Crippen molar-refractivity contribution in [3.63, 3.8) is 0 Å². The molecule has 10 heteroatoms. The number of amides is 1. The molecule has 10 nitrogen and oxygen atoms in total. The summed E-state index contributed by atoms with van der Waals surface area (Å²) in [7, 11) is 0. The number of non-ortho nitro benzene ring substituents is 1. The van der Waals surface area contributed by atoms with E-state index in [1.807, 2.05) is 0 Å². The predicted molar refractivity (Wildman–Crippen MR) is 82.9 cm³/mol. The number of benzene rings is 2. The van der Waals surface area contributed by atoms with Gasteiger partial charge in [0.15, 0.2) is 0 Å². The van der Waals surface area contributed by atoms with Crippen molar-refractivity contribution in [2.24, 2.45) is 5.10 Å². The van der Waals surface area contributed by atoms with E-state index >= 15 is 0 Å². The number of para-hydroxylation sites is 1. The highest BCUT2D eigenvalue weighted by Crippen LogP contribution is 2.21. The monoisotopic (exact) mass is 330 g/mol. The highest BCUT2D eigenvalue weighted by Gasteiger charge is 2.18. The molecule has 0 heterocycles. The molecule has 0 aliphatic rings.